The summed E-state index contributed by atoms with van der Waals surface area (Å²) in [5.74, 6) is -2.07. The van der Waals surface area contributed by atoms with Crippen LogP contribution in [0.4, 0.5) is 10.1 Å². The van der Waals surface area contributed by atoms with Gasteiger partial charge in [0.15, 0.2) is 11.6 Å². The van der Waals surface area contributed by atoms with E-state index >= 15 is 0 Å². The fourth-order valence-corrected chi connectivity index (χ4v) is 1.80. The van der Waals surface area contributed by atoms with Gasteiger partial charge in [-0.05, 0) is 42.3 Å². The Morgan fingerprint density at radius 2 is 2.00 bits per heavy atom. The lowest BCUT2D eigenvalue weighted by Gasteiger charge is -2.11. The van der Waals surface area contributed by atoms with E-state index in [-0.39, 0.29) is 5.56 Å². The number of phenolic OH excluding ortho intramolecular Hbond substituents is 1. The number of hydrogen-bond donors (Lipinski definition) is 3. The van der Waals surface area contributed by atoms with Gasteiger partial charge in [0.25, 0.3) is 0 Å². The zero-order chi connectivity index (χ0) is 14.7. The molecule has 2 rings (SSSR count). The summed E-state index contributed by atoms with van der Waals surface area (Å²) in [7, 11) is 0. The van der Waals surface area contributed by atoms with Crippen molar-refractivity contribution >= 4 is 11.7 Å². The SMILES string of the molecule is Cc1ccc(C(=O)O)cc1NCc1ccc(O)c(F)c1. The number of benzene rings is 2. The molecule has 0 aromatic heterocycles. The van der Waals surface area contributed by atoms with Gasteiger partial charge in [-0.1, -0.05) is 12.1 Å². The lowest BCUT2D eigenvalue weighted by atomic mass is 10.1. The normalized spacial score (nSPS) is 10.3. The molecule has 0 radical (unpaired) electrons. The topological polar surface area (TPSA) is 69.6 Å². The molecule has 2 aromatic carbocycles. The standard InChI is InChI=1S/C15H14FNO3/c1-9-2-4-11(15(19)20)7-13(9)17-8-10-3-5-14(18)12(16)6-10/h2-7,17-18H,8H2,1H3,(H,19,20). The van der Waals surface area contributed by atoms with E-state index in [9.17, 15) is 9.18 Å². The minimum atomic E-state index is -0.997. The molecule has 3 N–H and O–H groups in total. The molecule has 0 aliphatic carbocycles. The van der Waals surface area contributed by atoms with Crippen LogP contribution >= 0.6 is 0 Å². The number of aromatic carboxylic acids is 1. The number of rotatable bonds is 4. The van der Waals surface area contributed by atoms with Crippen LogP contribution in [0.1, 0.15) is 21.5 Å². The number of carboxylic acids is 1. The molecule has 0 saturated heterocycles. The molecule has 0 aliphatic rings. The maximum absolute atomic E-state index is 13.2. The molecular weight excluding hydrogens is 261 g/mol. The van der Waals surface area contributed by atoms with Crippen molar-refractivity contribution in [3.8, 4) is 5.75 Å². The molecule has 0 unspecified atom stereocenters. The highest BCUT2D eigenvalue weighted by molar-refractivity contribution is 5.89. The third kappa shape index (κ3) is 3.06. The monoisotopic (exact) mass is 275 g/mol. The van der Waals surface area contributed by atoms with Crippen molar-refractivity contribution in [1.29, 1.82) is 0 Å². The van der Waals surface area contributed by atoms with Crippen LogP contribution in [0.5, 0.6) is 5.75 Å². The highest BCUT2D eigenvalue weighted by atomic mass is 19.1. The summed E-state index contributed by atoms with van der Waals surface area (Å²) < 4.78 is 13.2. The van der Waals surface area contributed by atoms with Gasteiger partial charge >= 0.3 is 5.97 Å². The Bertz CT molecular complexity index is 656. The summed E-state index contributed by atoms with van der Waals surface area (Å²) in [6.45, 7) is 2.19. The highest BCUT2D eigenvalue weighted by Crippen LogP contribution is 2.20. The lowest BCUT2D eigenvalue weighted by Crippen LogP contribution is -2.04. The Labute approximate surface area is 115 Å². The predicted molar refractivity (Wildman–Crippen MR) is 73.5 cm³/mol. The molecule has 4 nitrogen and oxygen atoms in total. The molecule has 0 fully saturated rings. The fraction of sp³-hybridized carbons (Fsp3) is 0.133. The highest BCUT2D eigenvalue weighted by Gasteiger charge is 2.07. The van der Waals surface area contributed by atoms with Crippen LogP contribution < -0.4 is 5.32 Å². The Hall–Kier alpha value is -2.56. The van der Waals surface area contributed by atoms with Crippen LogP contribution in [0.25, 0.3) is 0 Å². The Balaban J connectivity index is 2.15. The summed E-state index contributed by atoms with van der Waals surface area (Å²) in [6, 6.07) is 8.90. The summed E-state index contributed by atoms with van der Waals surface area (Å²) in [4.78, 5) is 10.9. The zero-order valence-corrected chi connectivity index (χ0v) is 10.9. The van der Waals surface area contributed by atoms with Crippen molar-refractivity contribution in [2.45, 2.75) is 13.5 Å². The second-order valence-electron chi connectivity index (χ2n) is 4.47. The molecule has 20 heavy (non-hydrogen) atoms. The fourth-order valence-electron chi connectivity index (χ4n) is 1.80. The van der Waals surface area contributed by atoms with E-state index in [1.165, 1.54) is 24.3 Å². The minimum absolute atomic E-state index is 0.190. The average Bonchev–Trinajstić information content (AvgIpc) is 2.41. The number of halogens is 1. The number of carboxylic acid groups (broad SMARTS) is 1. The largest absolute Gasteiger partial charge is 0.505 e. The quantitative estimate of drug-likeness (QED) is 0.801. The summed E-state index contributed by atoms with van der Waals surface area (Å²) in [5, 5.41) is 21.1. The molecule has 0 spiro atoms. The van der Waals surface area contributed by atoms with Gasteiger partial charge in [0, 0.05) is 12.2 Å². The third-order valence-corrected chi connectivity index (χ3v) is 2.98. The predicted octanol–water partition coefficient (Wildman–Crippen LogP) is 3.15. The second-order valence-corrected chi connectivity index (χ2v) is 4.47. The summed E-state index contributed by atoms with van der Waals surface area (Å²) in [5.41, 5.74) is 2.42. The van der Waals surface area contributed by atoms with Crippen molar-refractivity contribution in [3.05, 3.63) is 58.9 Å². The van der Waals surface area contributed by atoms with Gasteiger partial charge < -0.3 is 15.5 Å². The molecular formula is C15H14FNO3. The second kappa shape index (κ2) is 5.61. The van der Waals surface area contributed by atoms with E-state index in [0.717, 1.165) is 5.56 Å². The molecule has 0 saturated carbocycles. The molecule has 0 amide bonds. The van der Waals surface area contributed by atoms with Crippen molar-refractivity contribution < 1.29 is 19.4 Å². The van der Waals surface area contributed by atoms with Gasteiger partial charge in [-0.3, -0.25) is 0 Å². The number of phenols is 1. The molecule has 0 heterocycles. The first-order chi connectivity index (χ1) is 9.47. The summed E-state index contributed by atoms with van der Waals surface area (Å²) in [6.07, 6.45) is 0. The zero-order valence-electron chi connectivity index (χ0n) is 10.9. The lowest BCUT2D eigenvalue weighted by molar-refractivity contribution is 0.0697. The third-order valence-electron chi connectivity index (χ3n) is 2.98. The Kier molecular flexibility index (Phi) is 3.89. The van der Waals surface area contributed by atoms with Crippen LogP contribution in [0.2, 0.25) is 0 Å². The van der Waals surface area contributed by atoms with Crippen LogP contribution in [-0.2, 0) is 6.54 Å². The van der Waals surface area contributed by atoms with E-state index in [0.29, 0.717) is 17.8 Å². The van der Waals surface area contributed by atoms with Crippen molar-refractivity contribution in [2.75, 3.05) is 5.32 Å². The van der Waals surface area contributed by atoms with Gasteiger partial charge in [-0.15, -0.1) is 0 Å². The minimum Gasteiger partial charge on any atom is -0.505 e. The van der Waals surface area contributed by atoms with Gasteiger partial charge in [-0.25, -0.2) is 9.18 Å². The number of aryl methyl sites for hydroxylation is 1. The number of anilines is 1. The maximum atomic E-state index is 13.2. The first-order valence-corrected chi connectivity index (χ1v) is 6.02. The number of aromatic hydroxyl groups is 1. The first-order valence-electron chi connectivity index (χ1n) is 6.02. The molecule has 2 aromatic rings. The number of nitrogens with one attached hydrogen (secondary N) is 1. The van der Waals surface area contributed by atoms with Crippen LogP contribution in [0, 0.1) is 12.7 Å². The molecule has 0 atom stereocenters. The van der Waals surface area contributed by atoms with Gasteiger partial charge in [0.1, 0.15) is 0 Å². The van der Waals surface area contributed by atoms with Crippen LogP contribution in [0.15, 0.2) is 36.4 Å². The summed E-state index contributed by atoms with van der Waals surface area (Å²) >= 11 is 0. The Morgan fingerprint density at radius 3 is 2.65 bits per heavy atom. The van der Waals surface area contributed by atoms with E-state index in [4.69, 9.17) is 10.2 Å². The molecule has 0 aliphatic heterocycles. The first kappa shape index (κ1) is 13.9. The van der Waals surface area contributed by atoms with E-state index < -0.39 is 17.5 Å². The molecule has 0 bridgehead atoms. The Morgan fingerprint density at radius 1 is 1.25 bits per heavy atom. The average molecular weight is 275 g/mol. The van der Waals surface area contributed by atoms with E-state index in [1.807, 2.05) is 6.92 Å². The maximum Gasteiger partial charge on any atom is 0.335 e. The number of hydrogen-bond acceptors (Lipinski definition) is 3. The van der Waals surface area contributed by atoms with Crippen molar-refractivity contribution in [3.63, 3.8) is 0 Å². The van der Waals surface area contributed by atoms with Crippen molar-refractivity contribution in [2.24, 2.45) is 0 Å². The van der Waals surface area contributed by atoms with Gasteiger partial charge in [0.2, 0.25) is 0 Å². The number of carbonyl (C=O) groups is 1. The van der Waals surface area contributed by atoms with Crippen LogP contribution in [0.3, 0.4) is 0 Å². The smallest absolute Gasteiger partial charge is 0.335 e. The van der Waals surface area contributed by atoms with Gasteiger partial charge in [-0.2, -0.15) is 0 Å². The van der Waals surface area contributed by atoms with Crippen molar-refractivity contribution in [1.82, 2.24) is 0 Å². The van der Waals surface area contributed by atoms with Crippen LogP contribution in [-0.4, -0.2) is 16.2 Å². The van der Waals surface area contributed by atoms with Gasteiger partial charge in [0.05, 0.1) is 5.56 Å². The molecule has 5 heteroatoms. The van der Waals surface area contributed by atoms with E-state index in [1.54, 1.807) is 12.1 Å². The molecule has 104 valence electrons. The van der Waals surface area contributed by atoms with E-state index in [2.05, 4.69) is 5.32 Å².